The molecule has 5 nitrogen and oxygen atoms in total. The van der Waals surface area contributed by atoms with Gasteiger partial charge in [-0.25, -0.2) is 9.78 Å². The highest BCUT2D eigenvalue weighted by molar-refractivity contribution is 5.95. The third kappa shape index (κ3) is 3.16. The Morgan fingerprint density at radius 3 is 3.00 bits per heavy atom. The Balaban J connectivity index is 2.05. The first kappa shape index (κ1) is 13.6. The van der Waals surface area contributed by atoms with Gasteiger partial charge in [0, 0.05) is 32.9 Å². The van der Waals surface area contributed by atoms with Crippen LogP contribution in [0.15, 0.2) is 18.3 Å². The summed E-state index contributed by atoms with van der Waals surface area (Å²) in [4.78, 5) is 20.4. The normalized spacial score (nSPS) is 14.5. The molecule has 2 rings (SSSR count). The highest BCUT2D eigenvalue weighted by Gasteiger charge is 2.25. The van der Waals surface area contributed by atoms with Crippen LogP contribution in [0.1, 0.15) is 20.3 Å². The van der Waals surface area contributed by atoms with Gasteiger partial charge in [0.15, 0.2) is 5.82 Å². The molecule has 0 bridgehead atoms. The van der Waals surface area contributed by atoms with Crippen molar-refractivity contribution in [2.24, 2.45) is 5.92 Å². The maximum absolute atomic E-state index is 12.2. The molecular weight excluding hydrogens is 240 g/mol. The number of aromatic nitrogens is 1. The monoisotopic (exact) mass is 262 g/mol. The smallest absolute Gasteiger partial charge is 0.322 e. The van der Waals surface area contributed by atoms with Crippen LogP contribution in [0.2, 0.25) is 0 Å². The van der Waals surface area contributed by atoms with Crippen molar-refractivity contribution in [3.8, 4) is 0 Å². The van der Waals surface area contributed by atoms with E-state index in [9.17, 15) is 4.79 Å². The second kappa shape index (κ2) is 5.91. The first-order valence-electron chi connectivity index (χ1n) is 6.81. The second-order valence-corrected chi connectivity index (χ2v) is 5.33. The zero-order chi connectivity index (χ0) is 13.8. The third-order valence-electron chi connectivity index (χ3n) is 3.32. The summed E-state index contributed by atoms with van der Waals surface area (Å²) in [5.74, 6) is 1.47. The quantitative estimate of drug-likeness (QED) is 0.907. The Morgan fingerprint density at radius 2 is 2.26 bits per heavy atom. The van der Waals surface area contributed by atoms with Gasteiger partial charge in [-0.2, -0.15) is 0 Å². The van der Waals surface area contributed by atoms with Crippen LogP contribution in [-0.4, -0.2) is 37.7 Å². The Bertz CT molecular complexity index is 447. The lowest BCUT2D eigenvalue weighted by Gasteiger charge is -2.34. The van der Waals surface area contributed by atoms with Gasteiger partial charge in [-0.1, -0.05) is 13.8 Å². The fourth-order valence-electron chi connectivity index (χ4n) is 2.14. The third-order valence-corrected chi connectivity index (χ3v) is 3.32. The molecule has 0 unspecified atom stereocenters. The first-order chi connectivity index (χ1) is 9.09. The van der Waals surface area contributed by atoms with E-state index in [4.69, 9.17) is 0 Å². The van der Waals surface area contributed by atoms with E-state index in [2.05, 4.69) is 29.0 Å². The van der Waals surface area contributed by atoms with Crippen molar-refractivity contribution in [1.29, 1.82) is 0 Å². The lowest BCUT2D eigenvalue weighted by Crippen LogP contribution is -2.47. The van der Waals surface area contributed by atoms with Crippen molar-refractivity contribution in [2.75, 3.05) is 36.5 Å². The predicted octanol–water partition coefficient (Wildman–Crippen LogP) is 2.09. The number of urea groups is 1. The number of nitrogens with zero attached hydrogens (tertiary/aromatic N) is 3. The van der Waals surface area contributed by atoms with Gasteiger partial charge in [-0.3, -0.25) is 4.90 Å². The lowest BCUT2D eigenvalue weighted by atomic mass is 10.1. The largest absolute Gasteiger partial charge is 0.356 e. The van der Waals surface area contributed by atoms with Crippen molar-refractivity contribution >= 4 is 17.5 Å². The maximum atomic E-state index is 12.2. The van der Waals surface area contributed by atoms with Crippen LogP contribution < -0.4 is 15.1 Å². The van der Waals surface area contributed by atoms with E-state index in [0.29, 0.717) is 12.5 Å². The molecular formula is C14H22N4O. The van der Waals surface area contributed by atoms with Gasteiger partial charge in [0.2, 0.25) is 0 Å². The summed E-state index contributed by atoms with van der Waals surface area (Å²) in [6.07, 6.45) is 2.76. The van der Waals surface area contributed by atoms with Crippen LogP contribution in [0.3, 0.4) is 0 Å². The van der Waals surface area contributed by atoms with Crippen molar-refractivity contribution in [3.05, 3.63) is 18.3 Å². The van der Waals surface area contributed by atoms with Gasteiger partial charge in [-0.05, 0) is 24.5 Å². The second-order valence-electron chi connectivity index (χ2n) is 5.33. The van der Waals surface area contributed by atoms with Crippen molar-refractivity contribution in [3.63, 3.8) is 0 Å². The van der Waals surface area contributed by atoms with E-state index in [1.807, 2.05) is 19.2 Å². The first-order valence-corrected chi connectivity index (χ1v) is 6.81. The molecule has 0 saturated carbocycles. The molecule has 0 aromatic carbocycles. The Kier molecular flexibility index (Phi) is 4.24. The van der Waals surface area contributed by atoms with Gasteiger partial charge in [0.05, 0.1) is 5.69 Å². The van der Waals surface area contributed by atoms with Gasteiger partial charge in [-0.15, -0.1) is 0 Å². The fourth-order valence-corrected chi connectivity index (χ4v) is 2.14. The molecule has 19 heavy (non-hydrogen) atoms. The van der Waals surface area contributed by atoms with Gasteiger partial charge >= 0.3 is 6.03 Å². The van der Waals surface area contributed by atoms with Crippen LogP contribution in [0.4, 0.5) is 16.3 Å². The zero-order valence-corrected chi connectivity index (χ0v) is 11.9. The molecule has 5 heteroatoms. The summed E-state index contributed by atoms with van der Waals surface area (Å²) in [5.41, 5.74) is 0.887. The number of carbonyl (C=O) groups is 1. The van der Waals surface area contributed by atoms with E-state index < -0.39 is 0 Å². The Hall–Kier alpha value is -1.78. The summed E-state index contributed by atoms with van der Waals surface area (Å²) in [6.45, 7) is 6.53. The average molecular weight is 262 g/mol. The minimum absolute atomic E-state index is 0.0250. The molecule has 1 aliphatic rings. The minimum atomic E-state index is -0.0250. The summed E-state index contributed by atoms with van der Waals surface area (Å²) in [7, 11) is 2.00. The number of nitrogens with one attached hydrogen (secondary N) is 1. The van der Waals surface area contributed by atoms with Crippen LogP contribution in [-0.2, 0) is 0 Å². The summed E-state index contributed by atoms with van der Waals surface area (Å²) in [5, 5.41) is 2.98. The number of fused-ring (bicyclic) bond motifs is 1. The van der Waals surface area contributed by atoms with Crippen molar-refractivity contribution in [1.82, 2.24) is 10.3 Å². The molecule has 2 amide bonds. The molecule has 0 saturated heterocycles. The average Bonchev–Trinajstić information content (AvgIpc) is 2.39. The fraction of sp³-hybridized carbons (Fsp3) is 0.571. The van der Waals surface area contributed by atoms with Gasteiger partial charge < -0.3 is 10.2 Å². The van der Waals surface area contributed by atoms with Crippen LogP contribution in [0.5, 0.6) is 0 Å². The van der Waals surface area contributed by atoms with Crippen molar-refractivity contribution in [2.45, 2.75) is 20.3 Å². The number of amides is 2. The van der Waals surface area contributed by atoms with Crippen molar-refractivity contribution < 1.29 is 4.79 Å². The minimum Gasteiger partial charge on any atom is -0.356 e. The molecule has 0 atom stereocenters. The van der Waals surface area contributed by atoms with E-state index in [1.54, 1.807) is 11.1 Å². The van der Waals surface area contributed by atoms with Crippen LogP contribution >= 0.6 is 0 Å². The van der Waals surface area contributed by atoms with Crippen LogP contribution in [0.25, 0.3) is 0 Å². The number of anilines is 2. The van der Waals surface area contributed by atoms with Gasteiger partial charge in [0.1, 0.15) is 0 Å². The molecule has 2 heterocycles. The molecule has 1 aromatic heterocycles. The number of hydrogen-bond donors (Lipinski definition) is 1. The number of likely N-dealkylation sites (N-methyl/N-ethyl adjacent to an activating group) is 1. The summed E-state index contributed by atoms with van der Waals surface area (Å²) >= 11 is 0. The highest BCUT2D eigenvalue weighted by Crippen LogP contribution is 2.29. The molecule has 1 aromatic rings. The summed E-state index contributed by atoms with van der Waals surface area (Å²) < 4.78 is 0. The standard InChI is InChI=1S/C14H22N4O/c1-11(2)6-8-16-14(19)18-10-9-17(3)13-12(18)5-4-7-15-13/h4-5,7,11H,6,8-10H2,1-3H3,(H,16,19). The lowest BCUT2D eigenvalue weighted by molar-refractivity contribution is 0.245. The molecule has 104 valence electrons. The number of pyridine rings is 1. The highest BCUT2D eigenvalue weighted by atomic mass is 16.2. The summed E-state index contributed by atoms with van der Waals surface area (Å²) in [6, 6.07) is 3.79. The number of hydrogen-bond acceptors (Lipinski definition) is 3. The maximum Gasteiger partial charge on any atom is 0.322 e. The predicted molar refractivity (Wildman–Crippen MR) is 77.7 cm³/mol. The Labute approximate surface area is 114 Å². The number of carbonyl (C=O) groups excluding carboxylic acids is 1. The molecule has 0 spiro atoms. The SMILES string of the molecule is CC(C)CCNC(=O)N1CCN(C)c2ncccc21. The Morgan fingerprint density at radius 1 is 1.47 bits per heavy atom. The van der Waals surface area contributed by atoms with E-state index >= 15 is 0 Å². The van der Waals surface area contributed by atoms with E-state index in [-0.39, 0.29) is 6.03 Å². The molecule has 0 aliphatic carbocycles. The van der Waals surface area contributed by atoms with Gasteiger partial charge in [0.25, 0.3) is 0 Å². The molecule has 1 N–H and O–H groups in total. The van der Waals surface area contributed by atoms with E-state index in [0.717, 1.165) is 31.0 Å². The number of rotatable bonds is 3. The molecule has 0 radical (unpaired) electrons. The topological polar surface area (TPSA) is 48.5 Å². The van der Waals surface area contributed by atoms with Crippen LogP contribution in [0, 0.1) is 5.92 Å². The van der Waals surface area contributed by atoms with E-state index in [1.165, 1.54) is 0 Å². The molecule has 0 fully saturated rings. The zero-order valence-electron chi connectivity index (χ0n) is 11.9. The molecule has 1 aliphatic heterocycles.